The maximum absolute atomic E-state index is 12.2. The summed E-state index contributed by atoms with van der Waals surface area (Å²) in [5, 5.41) is 11.4. The van der Waals surface area contributed by atoms with E-state index in [1.54, 1.807) is 23.1 Å². The van der Waals surface area contributed by atoms with Gasteiger partial charge in [0.15, 0.2) is 6.73 Å². The molecule has 0 aliphatic heterocycles. The third kappa shape index (κ3) is 4.06. The van der Waals surface area contributed by atoms with Crippen LogP contribution in [0, 0.1) is 6.92 Å². The summed E-state index contributed by atoms with van der Waals surface area (Å²) < 4.78 is 9.09. The number of hydrogen-bond donors (Lipinski definition) is 1. The highest BCUT2D eigenvalue weighted by Crippen LogP contribution is 2.09. The van der Waals surface area contributed by atoms with Crippen LogP contribution in [0.15, 0.2) is 48.8 Å². The Morgan fingerprint density at radius 1 is 1.24 bits per heavy atom. The first-order valence-electron chi connectivity index (χ1n) is 8.18. The number of nitrogens with zero attached hydrogens (tertiary/aromatic N) is 4. The van der Waals surface area contributed by atoms with E-state index in [0.717, 1.165) is 23.6 Å². The van der Waals surface area contributed by atoms with Crippen LogP contribution >= 0.6 is 0 Å². The zero-order chi connectivity index (χ0) is 17.6. The van der Waals surface area contributed by atoms with E-state index in [1.165, 1.54) is 0 Å². The fraction of sp³-hybridized carbons (Fsp3) is 0.278. The fourth-order valence-corrected chi connectivity index (χ4v) is 2.46. The Labute approximate surface area is 146 Å². The molecule has 2 aromatic heterocycles. The van der Waals surface area contributed by atoms with Crippen LogP contribution in [0.5, 0.6) is 5.75 Å². The monoisotopic (exact) mass is 339 g/mol. The third-order valence-electron chi connectivity index (χ3n) is 3.92. The summed E-state index contributed by atoms with van der Waals surface area (Å²) in [7, 11) is 0. The van der Waals surface area contributed by atoms with Crippen LogP contribution in [-0.4, -0.2) is 25.5 Å². The van der Waals surface area contributed by atoms with E-state index in [1.807, 2.05) is 48.9 Å². The Morgan fingerprint density at radius 2 is 2.04 bits per heavy atom. The number of benzene rings is 1. The summed E-state index contributed by atoms with van der Waals surface area (Å²) in [4.78, 5) is 12.2. The summed E-state index contributed by atoms with van der Waals surface area (Å²) in [5.41, 5.74) is 2.42. The molecule has 25 heavy (non-hydrogen) atoms. The van der Waals surface area contributed by atoms with E-state index in [2.05, 4.69) is 15.5 Å². The molecule has 0 unspecified atom stereocenters. The van der Waals surface area contributed by atoms with Crippen molar-refractivity contribution in [2.75, 3.05) is 0 Å². The molecule has 0 spiro atoms. The Bertz CT molecular complexity index is 838. The Kier molecular flexibility index (Phi) is 5.13. The average Bonchev–Trinajstić information content (AvgIpc) is 3.25. The number of aromatic nitrogens is 4. The molecule has 2 heterocycles. The van der Waals surface area contributed by atoms with Crippen LogP contribution in [0.4, 0.5) is 0 Å². The lowest BCUT2D eigenvalue weighted by atomic mass is 10.2. The summed E-state index contributed by atoms with van der Waals surface area (Å²) in [5.74, 6) is 0.537. The molecule has 0 fully saturated rings. The highest BCUT2D eigenvalue weighted by molar-refractivity contribution is 5.92. The van der Waals surface area contributed by atoms with Crippen LogP contribution in [0.3, 0.4) is 0 Å². The van der Waals surface area contributed by atoms with E-state index < -0.39 is 0 Å². The van der Waals surface area contributed by atoms with Gasteiger partial charge in [-0.05, 0) is 32.0 Å². The van der Waals surface area contributed by atoms with Crippen molar-refractivity contribution in [3.8, 4) is 5.75 Å². The van der Waals surface area contributed by atoms with Gasteiger partial charge in [0.2, 0.25) is 0 Å². The lowest BCUT2D eigenvalue weighted by molar-refractivity contribution is 0.0944. The van der Waals surface area contributed by atoms with E-state index in [9.17, 15) is 4.79 Å². The van der Waals surface area contributed by atoms with Gasteiger partial charge in [-0.2, -0.15) is 10.2 Å². The quantitative estimate of drug-likeness (QED) is 0.717. The molecule has 0 aliphatic rings. The van der Waals surface area contributed by atoms with Gasteiger partial charge in [0.25, 0.3) is 5.91 Å². The third-order valence-corrected chi connectivity index (χ3v) is 3.92. The topological polar surface area (TPSA) is 74.0 Å². The standard InChI is InChI=1S/C18H21N5O2/c1-3-23-14(2)15(12-20-23)11-19-18(24)17-9-10-22(21-17)13-25-16-7-5-4-6-8-16/h4-10,12H,3,11,13H2,1-2H3,(H,19,24). The predicted molar refractivity (Wildman–Crippen MR) is 93.1 cm³/mol. The fourth-order valence-electron chi connectivity index (χ4n) is 2.46. The Hall–Kier alpha value is -3.09. The number of ether oxygens (including phenoxy) is 1. The molecule has 3 aromatic rings. The Morgan fingerprint density at radius 3 is 2.76 bits per heavy atom. The van der Waals surface area contributed by atoms with E-state index >= 15 is 0 Å². The molecule has 0 atom stereocenters. The summed E-state index contributed by atoms with van der Waals surface area (Å²) >= 11 is 0. The van der Waals surface area contributed by atoms with Crippen molar-refractivity contribution in [3.05, 3.63) is 65.7 Å². The normalized spacial score (nSPS) is 10.6. The molecule has 0 saturated carbocycles. The highest BCUT2D eigenvalue weighted by Gasteiger charge is 2.11. The minimum atomic E-state index is -0.220. The molecule has 130 valence electrons. The van der Waals surface area contributed by atoms with E-state index in [0.29, 0.717) is 12.2 Å². The van der Waals surface area contributed by atoms with Gasteiger partial charge >= 0.3 is 0 Å². The maximum atomic E-state index is 12.2. The maximum Gasteiger partial charge on any atom is 0.272 e. The van der Waals surface area contributed by atoms with Crippen LogP contribution in [-0.2, 0) is 19.8 Å². The molecule has 0 saturated heterocycles. The molecular formula is C18H21N5O2. The number of nitrogens with one attached hydrogen (secondary N) is 1. The first-order valence-corrected chi connectivity index (χ1v) is 8.18. The zero-order valence-corrected chi connectivity index (χ0v) is 14.3. The molecule has 1 aromatic carbocycles. The van der Waals surface area contributed by atoms with Crippen molar-refractivity contribution in [1.82, 2.24) is 24.9 Å². The molecule has 1 amide bonds. The van der Waals surface area contributed by atoms with Crippen molar-refractivity contribution < 1.29 is 9.53 Å². The van der Waals surface area contributed by atoms with Crippen LogP contribution in [0.1, 0.15) is 28.7 Å². The molecule has 0 aliphatic carbocycles. The van der Waals surface area contributed by atoms with Crippen LogP contribution in [0.2, 0.25) is 0 Å². The lowest BCUT2D eigenvalue weighted by Crippen LogP contribution is -2.24. The summed E-state index contributed by atoms with van der Waals surface area (Å²) in [6, 6.07) is 11.1. The summed E-state index contributed by atoms with van der Waals surface area (Å²) in [6.45, 7) is 5.52. The molecule has 7 nitrogen and oxygen atoms in total. The molecule has 0 radical (unpaired) electrons. The lowest BCUT2D eigenvalue weighted by Gasteiger charge is -2.06. The van der Waals surface area contributed by atoms with E-state index in [4.69, 9.17) is 4.74 Å². The number of para-hydroxylation sites is 1. The number of aryl methyl sites for hydroxylation is 1. The summed E-state index contributed by atoms with van der Waals surface area (Å²) in [6.07, 6.45) is 3.50. The van der Waals surface area contributed by atoms with Gasteiger partial charge in [-0.15, -0.1) is 0 Å². The minimum absolute atomic E-state index is 0.220. The van der Waals surface area contributed by atoms with Gasteiger partial charge in [0.1, 0.15) is 11.4 Å². The van der Waals surface area contributed by atoms with Crippen molar-refractivity contribution >= 4 is 5.91 Å². The Balaban J connectivity index is 1.54. The number of hydrogen-bond acceptors (Lipinski definition) is 4. The minimum Gasteiger partial charge on any atom is -0.471 e. The van der Waals surface area contributed by atoms with Gasteiger partial charge in [-0.1, -0.05) is 18.2 Å². The second-order valence-corrected chi connectivity index (χ2v) is 5.58. The number of carbonyl (C=O) groups excluding carboxylic acids is 1. The smallest absolute Gasteiger partial charge is 0.272 e. The highest BCUT2D eigenvalue weighted by atomic mass is 16.5. The number of amides is 1. The molecule has 3 rings (SSSR count). The van der Waals surface area contributed by atoms with Crippen LogP contribution in [0.25, 0.3) is 0 Å². The molecule has 1 N–H and O–H groups in total. The number of carbonyl (C=O) groups is 1. The van der Waals surface area contributed by atoms with Gasteiger partial charge < -0.3 is 10.1 Å². The molecule has 7 heteroatoms. The molecule has 0 bridgehead atoms. The second-order valence-electron chi connectivity index (χ2n) is 5.58. The first-order chi connectivity index (χ1) is 12.2. The zero-order valence-electron chi connectivity index (χ0n) is 14.3. The SMILES string of the molecule is CCn1ncc(CNC(=O)c2ccn(COc3ccccc3)n2)c1C. The van der Waals surface area contributed by atoms with Crippen molar-refractivity contribution in [3.63, 3.8) is 0 Å². The first kappa shape index (κ1) is 16.8. The second kappa shape index (κ2) is 7.65. The van der Waals surface area contributed by atoms with Gasteiger partial charge in [0, 0.05) is 30.5 Å². The van der Waals surface area contributed by atoms with Crippen molar-refractivity contribution in [2.45, 2.75) is 33.7 Å². The van der Waals surface area contributed by atoms with Crippen molar-refractivity contribution in [1.29, 1.82) is 0 Å². The van der Waals surface area contributed by atoms with E-state index in [-0.39, 0.29) is 12.6 Å². The molecular weight excluding hydrogens is 318 g/mol. The van der Waals surface area contributed by atoms with Gasteiger partial charge in [0.05, 0.1) is 6.20 Å². The number of rotatable bonds is 7. The van der Waals surface area contributed by atoms with Gasteiger partial charge in [-0.3, -0.25) is 9.48 Å². The van der Waals surface area contributed by atoms with Gasteiger partial charge in [-0.25, -0.2) is 4.68 Å². The largest absolute Gasteiger partial charge is 0.471 e. The van der Waals surface area contributed by atoms with Crippen LogP contribution < -0.4 is 10.1 Å². The predicted octanol–water partition coefficient (Wildman–Crippen LogP) is 2.37. The average molecular weight is 339 g/mol. The van der Waals surface area contributed by atoms with Crippen molar-refractivity contribution in [2.24, 2.45) is 0 Å².